The smallest absolute Gasteiger partial charge is 0.280 e. The molecule has 4 rings (SSSR count). The van der Waals surface area contributed by atoms with E-state index in [2.05, 4.69) is 15.3 Å². The molecule has 0 bridgehead atoms. The quantitative estimate of drug-likeness (QED) is 0.572. The number of benzene rings is 1. The third-order valence-corrected chi connectivity index (χ3v) is 4.02. The molecule has 0 saturated carbocycles. The van der Waals surface area contributed by atoms with E-state index in [0.717, 1.165) is 17.7 Å². The molecule has 0 fully saturated rings. The Hall–Kier alpha value is -3.22. The van der Waals surface area contributed by atoms with Crippen LogP contribution in [0.4, 0.5) is 0 Å². The fourth-order valence-electron chi connectivity index (χ4n) is 2.69. The van der Waals surface area contributed by atoms with E-state index in [4.69, 9.17) is 4.74 Å². The minimum atomic E-state index is -0.161. The van der Waals surface area contributed by atoms with Gasteiger partial charge in [0.1, 0.15) is 11.3 Å². The Bertz CT molecular complexity index is 1070. The van der Waals surface area contributed by atoms with Gasteiger partial charge in [0.25, 0.3) is 5.56 Å². The molecule has 24 heavy (non-hydrogen) atoms. The van der Waals surface area contributed by atoms with Gasteiger partial charge in [0.15, 0.2) is 11.2 Å². The van der Waals surface area contributed by atoms with Crippen LogP contribution >= 0.6 is 0 Å². The highest BCUT2D eigenvalue weighted by Crippen LogP contribution is 2.12. The molecular weight excluding hydrogens is 306 g/mol. The molecule has 7 nitrogen and oxygen atoms in total. The first-order valence-electron chi connectivity index (χ1n) is 7.59. The van der Waals surface area contributed by atoms with Crippen molar-refractivity contribution in [2.24, 2.45) is 0 Å². The van der Waals surface area contributed by atoms with Crippen molar-refractivity contribution < 1.29 is 4.74 Å². The van der Waals surface area contributed by atoms with Crippen molar-refractivity contribution in [3.05, 3.63) is 64.7 Å². The van der Waals surface area contributed by atoms with Crippen LogP contribution in [0.1, 0.15) is 5.56 Å². The number of nitrogens with zero attached hydrogens (tertiary/aromatic N) is 5. The van der Waals surface area contributed by atoms with Crippen LogP contribution in [0, 0.1) is 0 Å². The first-order valence-corrected chi connectivity index (χ1v) is 7.59. The number of methoxy groups -OCH3 is 1. The summed E-state index contributed by atoms with van der Waals surface area (Å²) in [6.07, 6.45) is 4.16. The fraction of sp³-hybridized carbons (Fsp3) is 0.176. The molecule has 0 spiro atoms. The number of pyridine rings is 1. The molecule has 3 heterocycles. The van der Waals surface area contributed by atoms with E-state index >= 15 is 0 Å². The first-order chi connectivity index (χ1) is 11.8. The number of aromatic nitrogens is 5. The van der Waals surface area contributed by atoms with Crippen molar-refractivity contribution in [3.8, 4) is 5.75 Å². The van der Waals surface area contributed by atoms with Gasteiger partial charge in [-0.2, -0.15) is 5.10 Å². The van der Waals surface area contributed by atoms with Crippen LogP contribution in [0.2, 0.25) is 0 Å². The molecular formula is C17H15N5O2. The highest BCUT2D eigenvalue weighted by molar-refractivity contribution is 5.74. The van der Waals surface area contributed by atoms with Crippen LogP contribution in [0.3, 0.4) is 0 Å². The summed E-state index contributed by atoms with van der Waals surface area (Å²) in [6, 6.07) is 11.4. The molecule has 3 aromatic heterocycles. The zero-order chi connectivity index (χ0) is 16.5. The van der Waals surface area contributed by atoms with Crippen LogP contribution in [-0.4, -0.2) is 31.5 Å². The summed E-state index contributed by atoms with van der Waals surface area (Å²) < 4.78 is 8.42. The lowest BCUT2D eigenvalue weighted by molar-refractivity contribution is 0.414. The molecule has 0 saturated heterocycles. The number of ether oxygens (including phenoxy) is 1. The van der Waals surface area contributed by atoms with E-state index in [1.807, 2.05) is 30.3 Å². The van der Waals surface area contributed by atoms with Gasteiger partial charge >= 0.3 is 0 Å². The Balaban J connectivity index is 1.65. The average molecular weight is 321 g/mol. The normalized spacial score (nSPS) is 11.2. The lowest BCUT2D eigenvalue weighted by Crippen LogP contribution is -2.22. The molecule has 0 unspecified atom stereocenters. The van der Waals surface area contributed by atoms with Crippen LogP contribution < -0.4 is 10.3 Å². The predicted molar refractivity (Wildman–Crippen MR) is 89.2 cm³/mol. The number of hydrogen-bond donors (Lipinski definition) is 0. The Labute approximate surface area is 137 Å². The number of fused-ring (bicyclic) bond motifs is 3. The van der Waals surface area contributed by atoms with Crippen LogP contribution in [0.5, 0.6) is 5.75 Å². The van der Waals surface area contributed by atoms with Crippen molar-refractivity contribution in [3.63, 3.8) is 0 Å². The lowest BCUT2D eigenvalue weighted by atomic mass is 10.1. The van der Waals surface area contributed by atoms with Crippen LogP contribution in [0.25, 0.3) is 16.7 Å². The Morgan fingerprint density at radius 3 is 2.71 bits per heavy atom. The number of hydrogen-bond acceptors (Lipinski definition) is 5. The van der Waals surface area contributed by atoms with Gasteiger partial charge in [-0.25, -0.2) is 4.52 Å². The van der Waals surface area contributed by atoms with E-state index in [0.29, 0.717) is 23.2 Å². The number of aryl methyl sites for hydroxylation is 2. The standard InChI is InChI=1S/C17H15N5O2/c1-24-13-4-2-12(3-5-13)7-10-21-11-8-14-16(17(21)23)20-19-15-6-9-18-22(14)15/h2-6,8-9,11H,7,10H2,1H3. The summed E-state index contributed by atoms with van der Waals surface area (Å²) in [5, 5.41) is 12.3. The van der Waals surface area contributed by atoms with Crippen molar-refractivity contribution in [2.45, 2.75) is 13.0 Å². The van der Waals surface area contributed by atoms with Crippen molar-refractivity contribution in [2.75, 3.05) is 7.11 Å². The molecule has 0 N–H and O–H groups in total. The van der Waals surface area contributed by atoms with E-state index in [-0.39, 0.29) is 5.56 Å². The predicted octanol–water partition coefficient (Wildman–Crippen LogP) is 1.69. The first kappa shape index (κ1) is 14.4. The summed E-state index contributed by atoms with van der Waals surface area (Å²) in [5.41, 5.74) is 2.58. The third-order valence-electron chi connectivity index (χ3n) is 4.02. The minimum Gasteiger partial charge on any atom is -0.497 e. The molecule has 0 aliphatic heterocycles. The molecule has 0 radical (unpaired) electrons. The molecule has 1 aromatic carbocycles. The van der Waals surface area contributed by atoms with E-state index in [9.17, 15) is 4.79 Å². The zero-order valence-electron chi connectivity index (χ0n) is 13.1. The molecule has 7 heteroatoms. The van der Waals surface area contributed by atoms with Gasteiger partial charge in [-0.1, -0.05) is 12.1 Å². The summed E-state index contributed by atoms with van der Waals surface area (Å²) in [5.74, 6) is 0.820. The summed E-state index contributed by atoms with van der Waals surface area (Å²) in [4.78, 5) is 12.6. The molecule has 0 aliphatic rings. The van der Waals surface area contributed by atoms with Crippen molar-refractivity contribution >= 4 is 16.7 Å². The highest BCUT2D eigenvalue weighted by atomic mass is 16.5. The third kappa shape index (κ3) is 2.40. The van der Waals surface area contributed by atoms with Gasteiger partial charge in [-0.15, -0.1) is 10.2 Å². The average Bonchev–Trinajstić information content (AvgIpc) is 3.10. The molecule has 0 atom stereocenters. The second-order valence-corrected chi connectivity index (χ2v) is 5.45. The summed E-state index contributed by atoms with van der Waals surface area (Å²) in [7, 11) is 1.64. The van der Waals surface area contributed by atoms with Gasteiger partial charge in [-0.3, -0.25) is 4.79 Å². The zero-order valence-corrected chi connectivity index (χ0v) is 13.1. The van der Waals surface area contributed by atoms with Gasteiger partial charge in [0.2, 0.25) is 0 Å². The SMILES string of the molecule is COc1ccc(CCn2ccc3c(nnc4ccnn43)c2=O)cc1. The molecule has 0 amide bonds. The van der Waals surface area contributed by atoms with E-state index in [1.54, 1.807) is 34.7 Å². The van der Waals surface area contributed by atoms with Crippen LogP contribution in [0.15, 0.2) is 53.6 Å². The van der Waals surface area contributed by atoms with Crippen molar-refractivity contribution in [1.29, 1.82) is 0 Å². The molecule has 120 valence electrons. The van der Waals surface area contributed by atoms with E-state index < -0.39 is 0 Å². The van der Waals surface area contributed by atoms with Gasteiger partial charge < -0.3 is 9.30 Å². The second-order valence-electron chi connectivity index (χ2n) is 5.45. The maximum absolute atomic E-state index is 12.6. The van der Waals surface area contributed by atoms with Gasteiger partial charge in [0, 0.05) is 18.8 Å². The lowest BCUT2D eigenvalue weighted by Gasteiger charge is -2.08. The Morgan fingerprint density at radius 2 is 1.92 bits per heavy atom. The molecule has 0 aliphatic carbocycles. The van der Waals surface area contributed by atoms with Gasteiger partial charge in [-0.05, 0) is 30.2 Å². The minimum absolute atomic E-state index is 0.161. The second kappa shape index (κ2) is 5.77. The Kier molecular flexibility index (Phi) is 3.45. The largest absolute Gasteiger partial charge is 0.497 e. The topological polar surface area (TPSA) is 74.3 Å². The molecule has 4 aromatic rings. The maximum atomic E-state index is 12.6. The highest BCUT2D eigenvalue weighted by Gasteiger charge is 2.09. The maximum Gasteiger partial charge on any atom is 0.280 e. The Morgan fingerprint density at radius 1 is 1.08 bits per heavy atom. The summed E-state index contributed by atoms with van der Waals surface area (Å²) in [6.45, 7) is 0.569. The summed E-state index contributed by atoms with van der Waals surface area (Å²) >= 11 is 0. The van der Waals surface area contributed by atoms with E-state index in [1.165, 1.54) is 0 Å². The number of rotatable bonds is 4. The van der Waals surface area contributed by atoms with Crippen LogP contribution in [-0.2, 0) is 13.0 Å². The van der Waals surface area contributed by atoms with Crippen molar-refractivity contribution in [1.82, 2.24) is 24.4 Å². The fourth-order valence-corrected chi connectivity index (χ4v) is 2.69. The monoisotopic (exact) mass is 321 g/mol. The van der Waals surface area contributed by atoms with Gasteiger partial charge in [0.05, 0.1) is 13.3 Å².